The van der Waals surface area contributed by atoms with Crippen molar-refractivity contribution in [2.75, 3.05) is 13.1 Å². The second-order valence-electron chi connectivity index (χ2n) is 4.41. The van der Waals surface area contributed by atoms with Crippen molar-refractivity contribution in [1.82, 2.24) is 5.32 Å². The molecule has 1 aliphatic rings. The van der Waals surface area contributed by atoms with E-state index in [1.165, 1.54) is 30.8 Å². The summed E-state index contributed by atoms with van der Waals surface area (Å²) in [4.78, 5) is 20.5. The molecule has 3 N–H and O–H groups in total. The molecule has 1 aromatic rings. The van der Waals surface area contributed by atoms with Crippen molar-refractivity contribution in [2.45, 2.75) is 23.0 Å². The largest absolute Gasteiger partial charge is 0.478 e. The lowest BCUT2D eigenvalue weighted by molar-refractivity contribution is -0.134. The highest BCUT2D eigenvalue weighted by molar-refractivity contribution is 8.00. The van der Waals surface area contributed by atoms with Crippen LogP contribution < -0.4 is 5.32 Å². The number of benzene rings is 1. The van der Waals surface area contributed by atoms with Crippen LogP contribution in [0.1, 0.15) is 12.8 Å². The fraction of sp³-hybridized carbons (Fsp3) is 0.333. The molecule has 114 valence electrons. The maximum atomic E-state index is 9.55. The summed E-state index contributed by atoms with van der Waals surface area (Å²) in [6, 6.07) is 10.7. The fourth-order valence-electron chi connectivity index (χ4n) is 1.75. The van der Waals surface area contributed by atoms with Gasteiger partial charge in [-0.15, -0.1) is 11.8 Å². The quantitative estimate of drug-likeness (QED) is 0.740. The van der Waals surface area contributed by atoms with E-state index in [0.29, 0.717) is 12.2 Å². The Hall–Kier alpha value is -1.79. The number of aliphatic carboxylic acids is 2. The Morgan fingerprint density at radius 1 is 1.14 bits per heavy atom. The van der Waals surface area contributed by atoms with E-state index in [2.05, 4.69) is 35.6 Å². The van der Waals surface area contributed by atoms with Crippen molar-refractivity contribution in [1.29, 1.82) is 0 Å². The number of carbonyl (C=O) groups is 2. The maximum Gasteiger partial charge on any atom is 0.328 e. The van der Waals surface area contributed by atoms with Crippen LogP contribution in [0.25, 0.3) is 0 Å². The molecule has 1 heterocycles. The first-order chi connectivity index (χ1) is 10.1. The van der Waals surface area contributed by atoms with Gasteiger partial charge in [0.2, 0.25) is 0 Å². The number of rotatable bonds is 4. The van der Waals surface area contributed by atoms with Crippen LogP contribution >= 0.6 is 11.8 Å². The second-order valence-corrected chi connectivity index (χ2v) is 5.78. The Labute approximate surface area is 128 Å². The van der Waals surface area contributed by atoms with Crippen molar-refractivity contribution in [3.63, 3.8) is 0 Å². The molecule has 1 aromatic carbocycles. The zero-order chi connectivity index (χ0) is 15.5. The molecular weight excluding hydrogens is 290 g/mol. The van der Waals surface area contributed by atoms with Crippen molar-refractivity contribution < 1.29 is 19.8 Å². The molecule has 2 rings (SSSR count). The van der Waals surface area contributed by atoms with Gasteiger partial charge >= 0.3 is 11.9 Å². The van der Waals surface area contributed by atoms with Crippen LogP contribution in [0.5, 0.6) is 0 Å². The van der Waals surface area contributed by atoms with Crippen LogP contribution in [0.15, 0.2) is 47.4 Å². The summed E-state index contributed by atoms with van der Waals surface area (Å²) >= 11 is 2.00. The normalized spacial score (nSPS) is 17.8. The van der Waals surface area contributed by atoms with Gasteiger partial charge in [-0.25, -0.2) is 9.59 Å². The first kappa shape index (κ1) is 17.3. The van der Waals surface area contributed by atoms with Crippen LogP contribution in [-0.2, 0) is 9.59 Å². The van der Waals surface area contributed by atoms with Crippen molar-refractivity contribution >= 4 is 23.7 Å². The van der Waals surface area contributed by atoms with E-state index < -0.39 is 11.9 Å². The minimum absolute atomic E-state index is 0.558. The van der Waals surface area contributed by atoms with Crippen LogP contribution in [0.4, 0.5) is 0 Å². The number of piperidine rings is 1. The van der Waals surface area contributed by atoms with E-state index in [4.69, 9.17) is 10.2 Å². The molecule has 0 aromatic heterocycles. The number of hydrogen-bond acceptors (Lipinski definition) is 4. The van der Waals surface area contributed by atoms with Gasteiger partial charge in [-0.3, -0.25) is 0 Å². The molecule has 0 aliphatic carbocycles. The molecule has 0 spiro atoms. The average molecular weight is 309 g/mol. The molecule has 0 amide bonds. The van der Waals surface area contributed by atoms with Crippen LogP contribution in [-0.4, -0.2) is 40.5 Å². The SMILES string of the molecule is O=C(O)C=CC(=O)O.c1ccc(SC2CCCNC2)cc1. The maximum absolute atomic E-state index is 9.55. The molecule has 0 bridgehead atoms. The van der Waals surface area contributed by atoms with Gasteiger partial charge in [-0.1, -0.05) is 18.2 Å². The van der Waals surface area contributed by atoms with E-state index >= 15 is 0 Å². The monoisotopic (exact) mass is 309 g/mol. The van der Waals surface area contributed by atoms with Gasteiger partial charge in [0.05, 0.1) is 0 Å². The van der Waals surface area contributed by atoms with E-state index in [0.717, 1.165) is 5.25 Å². The Kier molecular flexibility index (Phi) is 8.23. The van der Waals surface area contributed by atoms with Crippen LogP contribution in [0, 0.1) is 0 Å². The number of carboxylic acids is 2. The molecular formula is C15H19NO4S. The molecule has 1 fully saturated rings. The predicted molar refractivity (Wildman–Crippen MR) is 82.6 cm³/mol. The second kappa shape index (κ2) is 10.0. The molecule has 6 heteroatoms. The molecule has 5 nitrogen and oxygen atoms in total. The third kappa shape index (κ3) is 8.88. The average Bonchev–Trinajstić information content (AvgIpc) is 2.48. The molecule has 1 aliphatic heterocycles. The molecule has 0 saturated carbocycles. The van der Waals surface area contributed by atoms with Crippen LogP contribution in [0.2, 0.25) is 0 Å². The van der Waals surface area contributed by atoms with Crippen molar-refractivity contribution in [3.8, 4) is 0 Å². The van der Waals surface area contributed by atoms with Crippen LogP contribution in [0.3, 0.4) is 0 Å². The van der Waals surface area contributed by atoms with E-state index in [-0.39, 0.29) is 0 Å². The first-order valence-electron chi connectivity index (χ1n) is 6.64. The smallest absolute Gasteiger partial charge is 0.328 e. The summed E-state index contributed by atoms with van der Waals surface area (Å²) in [6.07, 6.45) is 3.79. The third-order valence-electron chi connectivity index (χ3n) is 2.67. The summed E-state index contributed by atoms with van der Waals surface area (Å²) in [5, 5.41) is 19.8. The highest BCUT2D eigenvalue weighted by Crippen LogP contribution is 2.26. The minimum Gasteiger partial charge on any atom is -0.478 e. The number of nitrogens with one attached hydrogen (secondary N) is 1. The Morgan fingerprint density at radius 2 is 1.76 bits per heavy atom. The summed E-state index contributed by atoms with van der Waals surface area (Å²) in [6.45, 7) is 2.37. The zero-order valence-electron chi connectivity index (χ0n) is 11.6. The van der Waals surface area contributed by atoms with Gasteiger partial charge in [0.15, 0.2) is 0 Å². The van der Waals surface area contributed by atoms with Gasteiger partial charge in [0, 0.05) is 28.8 Å². The summed E-state index contributed by atoms with van der Waals surface area (Å²) in [5.74, 6) is -2.51. The lowest BCUT2D eigenvalue weighted by atomic mass is 10.2. The van der Waals surface area contributed by atoms with Gasteiger partial charge in [0.25, 0.3) is 0 Å². The molecule has 1 unspecified atom stereocenters. The zero-order valence-corrected chi connectivity index (χ0v) is 12.4. The summed E-state index contributed by atoms with van der Waals surface area (Å²) in [5.41, 5.74) is 0. The van der Waals surface area contributed by atoms with Gasteiger partial charge < -0.3 is 15.5 Å². The lowest BCUT2D eigenvalue weighted by Gasteiger charge is -2.21. The van der Waals surface area contributed by atoms with Gasteiger partial charge in [-0.2, -0.15) is 0 Å². The molecule has 21 heavy (non-hydrogen) atoms. The molecule has 1 saturated heterocycles. The first-order valence-corrected chi connectivity index (χ1v) is 7.52. The fourth-order valence-corrected chi connectivity index (χ4v) is 2.94. The summed E-state index contributed by atoms with van der Waals surface area (Å²) in [7, 11) is 0. The Bertz CT molecular complexity index is 454. The standard InChI is InChI=1S/C11H15NS.C4H4O4/c1-2-5-10(6-3-1)13-11-7-4-8-12-9-11;5-3(6)1-2-4(7)8/h1-3,5-6,11-12H,4,7-9H2;1-2H,(H,5,6)(H,7,8). The van der Waals surface area contributed by atoms with E-state index in [1.54, 1.807) is 0 Å². The van der Waals surface area contributed by atoms with Crippen molar-refractivity contribution in [3.05, 3.63) is 42.5 Å². The predicted octanol–water partition coefficient (Wildman–Crippen LogP) is 2.24. The van der Waals surface area contributed by atoms with Gasteiger partial charge in [-0.05, 0) is 31.5 Å². The van der Waals surface area contributed by atoms with E-state index in [9.17, 15) is 9.59 Å². The Balaban J connectivity index is 0.000000240. The number of thioether (sulfide) groups is 1. The Morgan fingerprint density at radius 3 is 2.24 bits per heavy atom. The summed E-state index contributed by atoms with van der Waals surface area (Å²) < 4.78 is 0. The van der Waals surface area contributed by atoms with Crippen molar-refractivity contribution in [2.24, 2.45) is 0 Å². The third-order valence-corrected chi connectivity index (χ3v) is 3.95. The minimum atomic E-state index is -1.26. The highest BCUT2D eigenvalue weighted by Gasteiger charge is 2.13. The van der Waals surface area contributed by atoms with Gasteiger partial charge in [0.1, 0.15) is 0 Å². The molecule has 1 atom stereocenters. The highest BCUT2D eigenvalue weighted by atomic mass is 32.2. The molecule has 0 radical (unpaired) electrons. The lowest BCUT2D eigenvalue weighted by Crippen LogP contribution is -2.31. The number of carboxylic acid groups (broad SMARTS) is 2. The van der Waals surface area contributed by atoms with E-state index in [1.807, 2.05) is 11.8 Å². The topological polar surface area (TPSA) is 86.6 Å². The number of hydrogen-bond donors (Lipinski definition) is 3.